The third-order valence-electron chi connectivity index (χ3n) is 1.90. The van der Waals surface area contributed by atoms with Crippen molar-refractivity contribution in [2.24, 2.45) is 5.73 Å². The van der Waals surface area contributed by atoms with Crippen LogP contribution >= 0.6 is 0 Å². The number of aliphatic hydroxyl groups excluding tert-OH is 1. The summed E-state index contributed by atoms with van der Waals surface area (Å²) >= 11 is 0. The molecule has 0 aromatic heterocycles. The van der Waals surface area contributed by atoms with Gasteiger partial charge in [-0.05, 0) is 25.1 Å². The lowest BCUT2D eigenvalue weighted by molar-refractivity contribution is 0.206. The Morgan fingerprint density at radius 2 is 2.15 bits per heavy atom. The zero-order chi connectivity index (χ0) is 10.1. The van der Waals surface area contributed by atoms with E-state index in [-0.39, 0.29) is 17.9 Å². The molecule has 0 heterocycles. The summed E-state index contributed by atoms with van der Waals surface area (Å²) in [6.07, 6.45) is 0. The summed E-state index contributed by atoms with van der Waals surface area (Å²) in [6, 6.07) is 3.46. The fourth-order valence-corrected chi connectivity index (χ4v) is 1.05. The molecule has 72 valence electrons. The van der Waals surface area contributed by atoms with Crippen LogP contribution in [-0.2, 0) is 5.54 Å². The summed E-state index contributed by atoms with van der Waals surface area (Å²) in [5, 5.41) is 18.2. The van der Waals surface area contributed by atoms with Crippen LogP contribution in [0, 0.1) is 5.82 Å². The first-order chi connectivity index (χ1) is 5.97. The number of phenols is 1. The minimum absolute atomic E-state index is 0.111. The van der Waals surface area contributed by atoms with Gasteiger partial charge in [-0.2, -0.15) is 0 Å². The van der Waals surface area contributed by atoms with Crippen LogP contribution in [0.15, 0.2) is 18.2 Å². The van der Waals surface area contributed by atoms with E-state index in [9.17, 15) is 9.50 Å². The number of halogens is 1. The Morgan fingerprint density at radius 1 is 1.54 bits per heavy atom. The van der Waals surface area contributed by atoms with Crippen LogP contribution in [0.3, 0.4) is 0 Å². The van der Waals surface area contributed by atoms with Crippen molar-refractivity contribution in [3.05, 3.63) is 29.6 Å². The number of aliphatic hydroxyl groups is 1. The highest BCUT2D eigenvalue weighted by Crippen LogP contribution is 2.27. The van der Waals surface area contributed by atoms with Crippen LogP contribution in [0.25, 0.3) is 0 Å². The highest BCUT2D eigenvalue weighted by atomic mass is 19.1. The molecule has 0 aliphatic rings. The molecule has 0 radical (unpaired) electrons. The van der Waals surface area contributed by atoms with Gasteiger partial charge in [0.25, 0.3) is 0 Å². The second-order valence-electron chi connectivity index (χ2n) is 3.24. The maximum absolute atomic E-state index is 12.8. The van der Waals surface area contributed by atoms with Crippen molar-refractivity contribution < 1.29 is 14.6 Å². The minimum atomic E-state index is -1.12. The van der Waals surface area contributed by atoms with Gasteiger partial charge < -0.3 is 15.9 Å². The first-order valence-corrected chi connectivity index (χ1v) is 3.86. The van der Waals surface area contributed by atoms with Gasteiger partial charge in [0, 0.05) is 5.56 Å². The Morgan fingerprint density at radius 3 is 2.69 bits per heavy atom. The van der Waals surface area contributed by atoms with Crippen LogP contribution in [0.4, 0.5) is 4.39 Å². The van der Waals surface area contributed by atoms with Crippen LogP contribution in [0.5, 0.6) is 5.75 Å². The highest BCUT2D eigenvalue weighted by Gasteiger charge is 2.23. The van der Waals surface area contributed by atoms with E-state index < -0.39 is 11.4 Å². The van der Waals surface area contributed by atoms with E-state index in [4.69, 9.17) is 10.8 Å². The number of aromatic hydroxyl groups is 1. The number of nitrogens with two attached hydrogens (primary N) is 1. The van der Waals surface area contributed by atoms with Gasteiger partial charge in [-0.25, -0.2) is 4.39 Å². The molecule has 1 rings (SSSR count). The molecule has 1 aromatic carbocycles. The number of hydrogen-bond acceptors (Lipinski definition) is 3. The second kappa shape index (κ2) is 3.32. The molecule has 0 saturated carbocycles. The number of benzene rings is 1. The molecule has 13 heavy (non-hydrogen) atoms. The normalized spacial score (nSPS) is 15.4. The van der Waals surface area contributed by atoms with Crippen molar-refractivity contribution in [3.8, 4) is 5.75 Å². The SMILES string of the molecule is C[C@@](N)(CO)c1cc(F)ccc1O. The van der Waals surface area contributed by atoms with Gasteiger partial charge >= 0.3 is 0 Å². The summed E-state index contributed by atoms with van der Waals surface area (Å²) in [7, 11) is 0. The van der Waals surface area contributed by atoms with E-state index in [1.807, 2.05) is 0 Å². The smallest absolute Gasteiger partial charge is 0.123 e. The average Bonchev–Trinajstić information content (AvgIpc) is 2.09. The van der Waals surface area contributed by atoms with Gasteiger partial charge in [-0.15, -0.1) is 0 Å². The van der Waals surface area contributed by atoms with Crippen LogP contribution in [-0.4, -0.2) is 16.8 Å². The van der Waals surface area contributed by atoms with Gasteiger partial charge in [0.2, 0.25) is 0 Å². The van der Waals surface area contributed by atoms with Crippen molar-refractivity contribution in [1.82, 2.24) is 0 Å². The first-order valence-electron chi connectivity index (χ1n) is 3.86. The van der Waals surface area contributed by atoms with E-state index in [0.29, 0.717) is 0 Å². The predicted molar refractivity (Wildman–Crippen MR) is 46.7 cm³/mol. The Labute approximate surface area is 75.6 Å². The molecular weight excluding hydrogens is 173 g/mol. The van der Waals surface area contributed by atoms with Gasteiger partial charge in [-0.1, -0.05) is 0 Å². The maximum Gasteiger partial charge on any atom is 0.123 e. The number of rotatable bonds is 2. The Balaban J connectivity index is 3.20. The topological polar surface area (TPSA) is 66.5 Å². The molecule has 0 fully saturated rings. The summed E-state index contributed by atoms with van der Waals surface area (Å²) in [5.41, 5.74) is 4.72. The molecule has 3 nitrogen and oxygen atoms in total. The molecule has 1 atom stereocenters. The molecule has 0 unspecified atom stereocenters. The molecule has 0 saturated heterocycles. The highest BCUT2D eigenvalue weighted by molar-refractivity contribution is 5.37. The fourth-order valence-electron chi connectivity index (χ4n) is 1.05. The Bertz CT molecular complexity index is 312. The van der Waals surface area contributed by atoms with E-state index in [1.165, 1.54) is 13.0 Å². The van der Waals surface area contributed by atoms with Crippen molar-refractivity contribution >= 4 is 0 Å². The molecule has 1 aromatic rings. The van der Waals surface area contributed by atoms with Crippen LogP contribution < -0.4 is 5.73 Å². The summed E-state index contributed by atoms with van der Waals surface area (Å²) in [4.78, 5) is 0. The fraction of sp³-hybridized carbons (Fsp3) is 0.333. The van der Waals surface area contributed by atoms with Crippen LogP contribution in [0.1, 0.15) is 12.5 Å². The maximum atomic E-state index is 12.8. The Hall–Kier alpha value is -1.13. The van der Waals surface area contributed by atoms with E-state index in [0.717, 1.165) is 12.1 Å². The molecule has 4 N–H and O–H groups in total. The lowest BCUT2D eigenvalue weighted by Crippen LogP contribution is -2.37. The Kier molecular flexibility index (Phi) is 2.54. The molecule has 0 aliphatic carbocycles. The van der Waals surface area contributed by atoms with E-state index in [1.54, 1.807) is 0 Å². The summed E-state index contributed by atoms with van der Waals surface area (Å²) < 4.78 is 12.8. The number of phenolic OH excluding ortho intramolecular Hbond substituents is 1. The van der Waals surface area contributed by atoms with Crippen molar-refractivity contribution in [2.75, 3.05) is 6.61 Å². The standard InChI is InChI=1S/C9H12FNO2/c1-9(11,5-12)7-4-6(10)2-3-8(7)13/h2-4,12-13H,5,11H2,1H3/t9-/m1/s1. The lowest BCUT2D eigenvalue weighted by atomic mass is 9.93. The largest absolute Gasteiger partial charge is 0.508 e. The molecule has 0 bridgehead atoms. The van der Waals surface area contributed by atoms with Crippen LogP contribution in [0.2, 0.25) is 0 Å². The quantitative estimate of drug-likeness (QED) is 0.635. The lowest BCUT2D eigenvalue weighted by Gasteiger charge is -2.23. The van der Waals surface area contributed by atoms with Crippen molar-refractivity contribution in [2.45, 2.75) is 12.5 Å². The summed E-state index contributed by atoms with van der Waals surface area (Å²) in [6.45, 7) is 1.16. The zero-order valence-electron chi connectivity index (χ0n) is 7.29. The molecular formula is C9H12FNO2. The van der Waals surface area contributed by atoms with Gasteiger partial charge in [0.05, 0.1) is 12.1 Å². The minimum Gasteiger partial charge on any atom is -0.508 e. The molecule has 0 amide bonds. The second-order valence-corrected chi connectivity index (χ2v) is 3.24. The third-order valence-corrected chi connectivity index (χ3v) is 1.90. The van der Waals surface area contributed by atoms with E-state index >= 15 is 0 Å². The average molecular weight is 185 g/mol. The van der Waals surface area contributed by atoms with Gasteiger partial charge in [-0.3, -0.25) is 0 Å². The van der Waals surface area contributed by atoms with Crippen molar-refractivity contribution in [1.29, 1.82) is 0 Å². The van der Waals surface area contributed by atoms with Gasteiger partial charge in [0.15, 0.2) is 0 Å². The number of hydrogen-bond donors (Lipinski definition) is 3. The zero-order valence-corrected chi connectivity index (χ0v) is 7.29. The van der Waals surface area contributed by atoms with Crippen molar-refractivity contribution in [3.63, 3.8) is 0 Å². The molecule has 0 spiro atoms. The molecule has 0 aliphatic heterocycles. The monoisotopic (exact) mass is 185 g/mol. The van der Waals surface area contributed by atoms with Gasteiger partial charge in [0.1, 0.15) is 11.6 Å². The predicted octanol–water partition coefficient (Wildman–Crippen LogP) is 0.698. The summed E-state index contributed by atoms with van der Waals surface area (Å²) in [5.74, 6) is -0.599. The van der Waals surface area contributed by atoms with E-state index in [2.05, 4.69) is 0 Å². The third kappa shape index (κ3) is 1.96. The molecule has 4 heteroatoms. The first kappa shape index (κ1) is 9.95.